The molecule has 1 aliphatic carbocycles. The molecule has 3 heterocycles. The van der Waals surface area contributed by atoms with Gasteiger partial charge in [-0.1, -0.05) is 25.3 Å². The van der Waals surface area contributed by atoms with Crippen LogP contribution in [-0.4, -0.2) is 25.3 Å². The van der Waals surface area contributed by atoms with Crippen LogP contribution in [0.1, 0.15) is 54.2 Å². The summed E-state index contributed by atoms with van der Waals surface area (Å²) in [6, 6.07) is 10.6. The van der Waals surface area contributed by atoms with Gasteiger partial charge in [-0.2, -0.15) is 0 Å². The van der Waals surface area contributed by atoms with E-state index in [1.807, 2.05) is 16.5 Å². The van der Waals surface area contributed by atoms with Gasteiger partial charge in [0.2, 0.25) is 0 Å². The number of carbonyl (C=O) groups is 1. The Hall–Kier alpha value is -3.48. The second-order valence-electron chi connectivity index (χ2n) is 7.53. The molecule has 0 spiro atoms. The Kier molecular flexibility index (Phi) is 4.35. The smallest absolute Gasteiger partial charge is 0.274 e. The van der Waals surface area contributed by atoms with E-state index in [2.05, 4.69) is 20.3 Å². The molecule has 0 saturated heterocycles. The molecule has 1 saturated carbocycles. The molecule has 1 aliphatic rings. The lowest BCUT2D eigenvalue weighted by Crippen LogP contribution is -2.16. The molecule has 1 aromatic carbocycles. The molecule has 1 fully saturated rings. The topological polar surface area (TPSA) is 92.1 Å². The van der Waals surface area contributed by atoms with E-state index in [1.54, 1.807) is 36.7 Å². The van der Waals surface area contributed by atoms with Crippen molar-refractivity contribution in [1.29, 1.82) is 0 Å². The molecule has 29 heavy (non-hydrogen) atoms. The van der Waals surface area contributed by atoms with Crippen molar-refractivity contribution in [3.8, 4) is 0 Å². The second-order valence-corrected chi connectivity index (χ2v) is 7.53. The summed E-state index contributed by atoms with van der Waals surface area (Å²) in [6.45, 7) is 0. The third kappa shape index (κ3) is 3.18. The van der Waals surface area contributed by atoms with E-state index in [0.29, 0.717) is 28.3 Å². The summed E-state index contributed by atoms with van der Waals surface area (Å²) in [5, 5.41) is 2.81. The number of H-pyrrole nitrogens is 1. The van der Waals surface area contributed by atoms with E-state index in [4.69, 9.17) is 0 Å². The number of fused-ring (bicyclic) bond motifs is 3. The fourth-order valence-corrected chi connectivity index (χ4v) is 4.20. The minimum absolute atomic E-state index is 0.169. The van der Waals surface area contributed by atoms with Gasteiger partial charge in [-0.3, -0.25) is 14.0 Å². The number of anilines is 1. The predicted molar refractivity (Wildman–Crippen MR) is 111 cm³/mol. The molecule has 0 aliphatic heterocycles. The average molecular weight is 387 g/mol. The van der Waals surface area contributed by atoms with E-state index in [-0.39, 0.29) is 11.5 Å². The van der Waals surface area contributed by atoms with Crippen molar-refractivity contribution in [2.45, 2.75) is 38.0 Å². The van der Waals surface area contributed by atoms with Crippen molar-refractivity contribution < 1.29 is 4.79 Å². The Morgan fingerprint density at radius 1 is 1.07 bits per heavy atom. The van der Waals surface area contributed by atoms with Gasteiger partial charge in [-0.25, -0.2) is 9.97 Å². The highest BCUT2D eigenvalue weighted by molar-refractivity contribution is 6.05. The van der Waals surface area contributed by atoms with Crippen molar-refractivity contribution in [3.05, 3.63) is 70.5 Å². The minimum Gasteiger partial charge on any atom is -0.319 e. The normalized spacial score (nSPS) is 15.0. The Balaban J connectivity index is 1.63. The highest BCUT2D eigenvalue weighted by atomic mass is 16.1. The monoisotopic (exact) mass is 387 g/mol. The van der Waals surface area contributed by atoms with E-state index >= 15 is 0 Å². The lowest BCUT2D eigenvalue weighted by Gasteiger charge is -2.21. The van der Waals surface area contributed by atoms with Gasteiger partial charge in [0.1, 0.15) is 17.2 Å². The van der Waals surface area contributed by atoms with Crippen LogP contribution >= 0.6 is 0 Å². The van der Waals surface area contributed by atoms with E-state index in [1.165, 1.54) is 19.3 Å². The highest BCUT2D eigenvalue weighted by Gasteiger charge is 2.22. The zero-order chi connectivity index (χ0) is 19.8. The number of nitrogens with one attached hydrogen (secondary N) is 2. The molecule has 0 bridgehead atoms. The molecule has 7 nitrogen and oxygen atoms in total. The molecular weight excluding hydrogens is 366 g/mol. The molecule has 0 unspecified atom stereocenters. The number of carbonyl (C=O) groups excluding carboxylic acids is 1. The van der Waals surface area contributed by atoms with Gasteiger partial charge < -0.3 is 10.3 Å². The third-order valence-electron chi connectivity index (χ3n) is 5.65. The number of aromatic nitrogens is 4. The van der Waals surface area contributed by atoms with E-state index in [9.17, 15) is 9.59 Å². The summed E-state index contributed by atoms with van der Waals surface area (Å²) in [7, 11) is 0. The standard InChI is InChI=1S/C22H21N5O2/c28-21(26-19-8-4-5-11-23-19)15-9-10-16-17(12-15)27-18(22(29)25-16)13-24-20(27)14-6-2-1-3-7-14/h4-5,8-14H,1-3,6-7H2,(H,25,29)(H,23,26,28). The van der Waals surface area contributed by atoms with Crippen molar-refractivity contribution in [3.63, 3.8) is 0 Å². The molecule has 7 heteroatoms. The first kappa shape index (κ1) is 17.6. The van der Waals surface area contributed by atoms with Crippen LogP contribution in [0.3, 0.4) is 0 Å². The van der Waals surface area contributed by atoms with Crippen LogP contribution in [0.25, 0.3) is 16.6 Å². The van der Waals surface area contributed by atoms with Crippen LogP contribution in [0, 0.1) is 0 Å². The number of nitrogens with zero attached hydrogens (tertiary/aromatic N) is 3. The maximum atomic E-state index is 12.7. The fourth-order valence-electron chi connectivity index (χ4n) is 4.20. The number of hydrogen-bond acceptors (Lipinski definition) is 4. The summed E-state index contributed by atoms with van der Waals surface area (Å²) in [5.74, 6) is 1.50. The van der Waals surface area contributed by atoms with Gasteiger partial charge in [0.25, 0.3) is 11.5 Å². The summed E-state index contributed by atoms with van der Waals surface area (Å²) in [5.41, 5.74) is 2.32. The first-order chi connectivity index (χ1) is 14.2. The summed E-state index contributed by atoms with van der Waals surface area (Å²) >= 11 is 0. The molecule has 0 atom stereocenters. The Morgan fingerprint density at radius 2 is 1.93 bits per heavy atom. The first-order valence-electron chi connectivity index (χ1n) is 9.96. The van der Waals surface area contributed by atoms with Crippen LogP contribution in [0.2, 0.25) is 0 Å². The second kappa shape index (κ2) is 7.16. The average Bonchev–Trinajstić information content (AvgIpc) is 3.21. The fraction of sp³-hybridized carbons (Fsp3) is 0.273. The number of amides is 1. The van der Waals surface area contributed by atoms with Gasteiger partial charge in [-0.15, -0.1) is 0 Å². The molecule has 146 valence electrons. The SMILES string of the molecule is O=C(Nc1ccccn1)c1ccc2[nH]c(=O)c3cnc(C4CCCCC4)n3c2c1. The Morgan fingerprint density at radius 3 is 2.72 bits per heavy atom. The van der Waals surface area contributed by atoms with Gasteiger partial charge in [-0.05, 0) is 43.2 Å². The van der Waals surface area contributed by atoms with Crippen LogP contribution in [-0.2, 0) is 0 Å². The minimum atomic E-state index is -0.246. The number of aromatic amines is 1. The van der Waals surface area contributed by atoms with Gasteiger partial charge >= 0.3 is 0 Å². The lowest BCUT2D eigenvalue weighted by molar-refractivity contribution is 0.102. The number of benzene rings is 1. The molecular formula is C22H21N5O2. The van der Waals surface area contributed by atoms with Gasteiger partial charge in [0, 0.05) is 17.7 Å². The van der Waals surface area contributed by atoms with E-state index in [0.717, 1.165) is 24.2 Å². The summed E-state index contributed by atoms with van der Waals surface area (Å²) in [4.78, 5) is 36.9. The Labute approximate surface area is 166 Å². The largest absolute Gasteiger partial charge is 0.319 e. The zero-order valence-electron chi connectivity index (χ0n) is 15.9. The maximum Gasteiger partial charge on any atom is 0.274 e. The molecule has 3 aromatic heterocycles. The number of imidazole rings is 1. The van der Waals surface area contributed by atoms with Crippen molar-refractivity contribution in [2.24, 2.45) is 0 Å². The molecule has 4 aromatic rings. The van der Waals surface area contributed by atoms with Crippen molar-refractivity contribution >= 4 is 28.3 Å². The third-order valence-corrected chi connectivity index (χ3v) is 5.65. The van der Waals surface area contributed by atoms with Crippen LogP contribution in [0.4, 0.5) is 5.82 Å². The first-order valence-corrected chi connectivity index (χ1v) is 9.96. The van der Waals surface area contributed by atoms with Crippen molar-refractivity contribution in [1.82, 2.24) is 19.4 Å². The molecule has 5 rings (SSSR count). The number of rotatable bonds is 3. The Bertz CT molecular complexity index is 1250. The van der Waals surface area contributed by atoms with Gasteiger partial charge in [0.05, 0.1) is 17.2 Å². The van der Waals surface area contributed by atoms with Crippen LogP contribution < -0.4 is 10.9 Å². The van der Waals surface area contributed by atoms with Crippen molar-refractivity contribution in [2.75, 3.05) is 5.32 Å². The number of pyridine rings is 1. The zero-order valence-corrected chi connectivity index (χ0v) is 15.9. The van der Waals surface area contributed by atoms with E-state index < -0.39 is 0 Å². The molecule has 1 amide bonds. The molecule has 0 radical (unpaired) electrons. The van der Waals surface area contributed by atoms with Crippen LogP contribution in [0.15, 0.2) is 53.6 Å². The maximum absolute atomic E-state index is 12.7. The molecule has 2 N–H and O–H groups in total. The predicted octanol–water partition coefficient (Wildman–Crippen LogP) is 3.87. The van der Waals surface area contributed by atoms with Crippen LogP contribution in [0.5, 0.6) is 0 Å². The van der Waals surface area contributed by atoms with Gasteiger partial charge in [0.15, 0.2) is 0 Å². The number of hydrogen-bond donors (Lipinski definition) is 2. The summed E-state index contributed by atoms with van der Waals surface area (Å²) < 4.78 is 1.93. The lowest BCUT2D eigenvalue weighted by atomic mass is 9.88. The quantitative estimate of drug-likeness (QED) is 0.558. The summed E-state index contributed by atoms with van der Waals surface area (Å²) in [6.07, 6.45) is 9.03. The highest BCUT2D eigenvalue weighted by Crippen LogP contribution is 2.33.